The number of rotatable bonds is 7. The minimum Gasteiger partial charge on any atom is -0.452 e. The topological polar surface area (TPSA) is 102 Å². The molecule has 0 bridgehead atoms. The summed E-state index contributed by atoms with van der Waals surface area (Å²) >= 11 is 0. The molecule has 1 saturated heterocycles. The Morgan fingerprint density at radius 2 is 1.87 bits per heavy atom. The summed E-state index contributed by atoms with van der Waals surface area (Å²) < 4.78 is 50.8. The molecule has 1 aromatic carbocycles. The van der Waals surface area contributed by atoms with Crippen molar-refractivity contribution in [3.05, 3.63) is 29.6 Å². The number of carbonyl (C=O) groups is 2. The van der Waals surface area contributed by atoms with Crippen molar-refractivity contribution in [2.45, 2.75) is 37.0 Å². The van der Waals surface area contributed by atoms with Gasteiger partial charge >= 0.3 is 5.97 Å². The van der Waals surface area contributed by atoms with Crippen molar-refractivity contribution < 1.29 is 31.9 Å². The molecular weight excluding hydrogens is 415 g/mol. The maximum absolute atomic E-state index is 14.2. The largest absolute Gasteiger partial charge is 0.452 e. The highest BCUT2D eigenvalue weighted by atomic mass is 32.2. The van der Waals surface area contributed by atoms with Crippen LogP contribution in [0.4, 0.5) is 4.39 Å². The highest BCUT2D eigenvalue weighted by Gasteiger charge is 2.30. The second kappa shape index (κ2) is 10.3. The third kappa shape index (κ3) is 5.77. The van der Waals surface area contributed by atoms with Gasteiger partial charge in [0.1, 0.15) is 10.7 Å². The summed E-state index contributed by atoms with van der Waals surface area (Å²) in [5.74, 6) is -1.81. The van der Waals surface area contributed by atoms with E-state index < -0.39 is 39.2 Å². The van der Waals surface area contributed by atoms with Crippen LogP contribution in [0.2, 0.25) is 0 Å². The third-order valence-corrected chi connectivity index (χ3v) is 7.32. The molecule has 30 heavy (non-hydrogen) atoms. The Balaban J connectivity index is 1.58. The fourth-order valence-electron chi connectivity index (χ4n) is 3.67. The molecule has 0 unspecified atom stereocenters. The molecule has 0 atom stereocenters. The number of benzene rings is 1. The second-order valence-corrected chi connectivity index (χ2v) is 9.45. The second-order valence-electron chi connectivity index (χ2n) is 7.55. The Labute approximate surface area is 175 Å². The van der Waals surface area contributed by atoms with Crippen LogP contribution in [0.3, 0.4) is 0 Å². The van der Waals surface area contributed by atoms with E-state index >= 15 is 0 Å². The van der Waals surface area contributed by atoms with Crippen molar-refractivity contribution >= 4 is 21.9 Å². The fourth-order valence-corrected chi connectivity index (χ4v) is 5.17. The molecule has 3 rings (SSSR count). The van der Waals surface area contributed by atoms with Gasteiger partial charge in [0.15, 0.2) is 6.61 Å². The van der Waals surface area contributed by atoms with Crippen molar-refractivity contribution in [3.8, 4) is 0 Å². The molecule has 1 aliphatic carbocycles. The van der Waals surface area contributed by atoms with E-state index in [1.54, 1.807) is 0 Å². The van der Waals surface area contributed by atoms with E-state index in [1.807, 2.05) is 0 Å². The Morgan fingerprint density at radius 1 is 1.17 bits per heavy atom. The zero-order valence-electron chi connectivity index (χ0n) is 16.8. The van der Waals surface area contributed by atoms with Gasteiger partial charge in [-0.1, -0.05) is 19.3 Å². The molecule has 1 N–H and O–H groups in total. The summed E-state index contributed by atoms with van der Waals surface area (Å²) in [5.41, 5.74) is -0.136. The molecule has 1 aliphatic heterocycles. The average Bonchev–Trinajstić information content (AvgIpc) is 2.77. The predicted octanol–water partition coefficient (Wildman–Crippen LogP) is 1.70. The molecule has 0 aromatic heterocycles. The number of hydrogen-bond acceptors (Lipinski definition) is 6. The van der Waals surface area contributed by atoms with Crippen LogP contribution in [0.25, 0.3) is 0 Å². The monoisotopic (exact) mass is 442 g/mol. The molecule has 8 nitrogen and oxygen atoms in total. The van der Waals surface area contributed by atoms with E-state index in [0.717, 1.165) is 48.2 Å². The molecular formula is C20H27FN2O6S. The first-order valence-electron chi connectivity index (χ1n) is 10.2. The molecule has 1 heterocycles. The van der Waals surface area contributed by atoms with Gasteiger partial charge in [-0.2, -0.15) is 4.31 Å². The molecule has 1 amide bonds. The number of hydrogen-bond donors (Lipinski definition) is 1. The molecule has 0 spiro atoms. The van der Waals surface area contributed by atoms with Crippen LogP contribution in [0.15, 0.2) is 23.1 Å². The van der Waals surface area contributed by atoms with Gasteiger partial charge in [-0.25, -0.2) is 17.6 Å². The highest BCUT2D eigenvalue weighted by molar-refractivity contribution is 7.89. The third-order valence-electron chi connectivity index (χ3n) is 5.40. The van der Waals surface area contributed by atoms with Gasteiger partial charge in [0.2, 0.25) is 10.0 Å². The van der Waals surface area contributed by atoms with Crippen LogP contribution in [0, 0.1) is 11.7 Å². The average molecular weight is 443 g/mol. The minimum atomic E-state index is -4.11. The molecule has 10 heteroatoms. The fraction of sp³-hybridized carbons (Fsp3) is 0.600. The van der Waals surface area contributed by atoms with Crippen molar-refractivity contribution in [3.63, 3.8) is 0 Å². The van der Waals surface area contributed by atoms with E-state index in [2.05, 4.69) is 5.32 Å². The first-order valence-corrected chi connectivity index (χ1v) is 11.6. The molecule has 2 fully saturated rings. The maximum atomic E-state index is 14.2. The summed E-state index contributed by atoms with van der Waals surface area (Å²) in [4.78, 5) is 23.6. The predicted molar refractivity (Wildman–Crippen MR) is 106 cm³/mol. The number of sulfonamides is 1. The lowest BCUT2D eigenvalue weighted by molar-refractivity contribution is -0.124. The van der Waals surface area contributed by atoms with Crippen LogP contribution < -0.4 is 5.32 Å². The lowest BCUT2D eigenvalue weighted by atomic mass is 9.89. The number of carbonyl (C=O) groups excluding carboxylic acids is 2. The van der Waals surface area contributed by atoms with E-state index in [-0.39, 0.29) is 31.9 Å². The summed E-state index contributed by atoms with van der Waals surface area (Å²) in [5, 5.41) is 2.76. The van der Waals surface area contributed by atoms with Crippen LogP contribution in [0.5, 0.6) is 0 Å². The van der Waals surface area contributed by atoms with Gasteiger partial charge in [0, 0.05) is 19.6 Å². The van der Waals surface area contributed by atoms with Gasteiger partial charge in [0.05, 0.1) is 18.8 Å². The number of ether oxygens (including phenoxy) is 2. The lowest BCUT2D eigenvalue weighted by Crippen LogP contribution is -2.41. The van der Waals surface area contributed by atoms with Gasteiger partial charge in [-0.15, -0.1) is 0 Å². The summed E-state index contributed by atoms with van der Waals surface area (Å²) in [6, 6.07) is 2.99. The van der Waals surface area contributed by atoms with Crippen LogP contribution in [-0.4, -0.2) is 64.1 Å². The Hall–Kier alpha value is -2.04. The molecule has 0 radical (unpaired) electrons. The molecule has 1 saturated carbocycles. The minimum absolute atomic E-state index is 0.109. The first-order chi connectivity index (χ1) is 14.4. The number of amides is 1. The number of esters is 1. The summed E-state index contributed by atoms with van der Waals surface area (Å²) in [7, 11) is -4.11. The van der Waals surface area contributed by atoms with Gasteiger partial charge in [-0.05, 0) is 37.0 Å². The van der Waals surface area contributed by atoms with Crippen LogP contribution in [-0.2, 0) is 24.3 Å². The maximum Gasteiger partial charge on any atom is 0.338 e. The normalized spacial score (nSPS) is 18.7. The zero-order valence-corrected chi connectivity index (χ0v) is 17.6. The SMILES string of the molecule is O=C(COC(=O)c1ccc(F)c(S(=O)(=O)N2CCOCC2)c1)NCC1CCCCC1. The molecule has 1 aromatic rings. The van der Waals surface area contributed by atoms with E-state index in [9.17, 15) is 22.4 Å². The molecule has 2 aliphatic rings. The Morgan fingerprint density at radius 3 is 2.57 bits per heavy atom. The van der Waals surface area contributed by atoms with E-state index in [1.165, 1.54) is 6.42 Å². The standard InChI is InChI=1S/C20H27FN2O6S/c21-17-7-6-16(12-18(17)30(26,27)23-8-10-28-11-9-23)20(25)29-14-19(24)22-13-15-4-2-1-3-5-15/h6-7,12,15H,1-5,8-11,13-14H2,(H,22,24). The van der Waals surface area contributed by atoms with Crippen molar-refractivity contribution in [2.75, 3.05) is 39.5 Å². The number of nitrogens with zero attached hydrogens (tertiary/aromatic N) is 1. The number of halogens is 1. The van der Waals surface area contributed by atoms with E-state index in [4.69, 9.17) is 9.47 Å². The zero-order chi connectivity index (χ0) is 21.6. The number of nitrogens with one attached hydrogen (secondary N) is 1. The lowest BCUT2D eigenvalue weighted by Gasteiger charge is -2.26. The Kier molecular flexibility index (Phi) is 7.79. The van der Waals surface area contributed by atoms with Crippen molar-refractivity contribution in [1.29, 1.82) is 0 Å². The van der Waals surface area contributed by atoms with Crippen LogP contribution >= 0.6 is 0 Å². The van der Waals surface area contributed by atoms with Gasteiger partial charge < -0.3 is 14.8 Å². The quantitative estimate of drug-likeness (QED) is 0.645. The van der Waals surface area contributed by atoms with Gasteiger partial charge in [0.25, 0.3) is 5.91 Å². The highest BCUT2D eigenvalue weighted by Crippen LogP contribution is 2.23. The van der Waals surface area contributed by atoms with Gasteiger partial charge in [-0.3, -0.25) is 4.79 Å². The smallest absolute Gasteiger partial charge is 0.338 e. The number of morpholine rings is 1. The Bertz CT molecular complexity index is 864. The van der Waals surface area contributed by atoms with Crippen LogP contribution in [0.1, 0.15) is 42.5 Å². The van der Waals surface area contributed by atoms with E-state index in [0.29, 0.717) is 12.5 Å². The van der Waals surface area contributed by atoms with Crippen molar-refractivity contribution in [1.82, 2.24) is 9.62 Å². The summed E-state index contributed by atoms with van der Waals surface area (Å²) in [6.07, 6.45) is 5.71. The van der Waals surface area contributed by atoms with Crippen molar-refractivity contribution in [2.24, 2.45) is 5.92 Å². The first kappa shape index (κ1) is 22.6. The summed E-state index contributed by atoms with van der Waals surface area (Å²) in [6.45, 7) is 0.732. The molecule has 166 valence electrons.